The summed E-state index contributed by atoms with van der Waals surface area (Å²) in [5.74, 6) is 0.605. The molecule has 2 saturated carbocycles. The second-order valence-electron chi connectivity index (χ2n) is 7.37. The van der Waals surface area contributed by atoms with Crippen LogP contribution in [0.1, 0.15) is 63.4 Å². The molecule has 0 radical (unpaired) electrons. The quantitative estimate of drug-likeness (QED) is 0.882. The van der Waals surface area contributed by atoms with Gasteiger partial charge in [-0.2, -0.15) is 0 Å². The van der Waals surface area contributed by atoms with Crippen molar-refractivity contribution in [1.29, 1.82) is 0 Å². The summed E-state index contributed by atoms with van der Waals surface area (Å²) >= 11 is 0. The highest BCUT2D eigenvalue weighted by atomic mass is 35.5. The lowest BCUT2D eigenvalue weighted by Crippen LogP contribution is -2.54. The average molecular weight is 337 g/mol. The third-order valence-electron chi connectivity index (χ3n) is 5.64. The van der Waals surface area contributed by atoms with Crippen LogP contribution in [0.5, 0.6) is 0 Å². The van der Waals surface area contributed by atoms with E-state index in [2.05, 4.69) is 29.6 Å². The fourth-order valence-corrected chi connectivity index (χ4v) is 4.30. The van der Waals surface area contributed by atoms with Crippen LogP contribution < -0.4 is 11.1 Å². The molecule has 0 spiro atoms. The smallest absolute Gasteiger partial charge is 0.225 e. The minimum absolute atomic E-state index is 0. The molecule has 2 aliphatic rings. The zero-order valence-electron chi connectivity index (χ0n) is 14.0. The van der Waals surface area contributed by atoms with Crippen LogP contribution in [-0.2, 0) is 4.79 Å². The van der Waals surface area contributed by atoms with Crippen molar-refractivity contribution in [3.8, 4) is 0 Å². The fourth-order valence-electron chi connectivity index (χ4n) is 4.30. The highest BCUT2D eigenvalue weighted by Crippen LogP contribution is 2.36. The molecule has 3 nitrogen and oxygen atoms in total. The number of amides is 1. The Bertz CT molecular complexity index is 517. The molecule has 2 fully saturated rings. The van der Waals surface area contributed by atoms with Crippen molar-refractivity contribution >= 4 is 18.3 Å². The first-order valence-electron chi connectivity index (χ1n) is 8.72. The lowest BCUT2D eigenvalue weighted by Gasteiger charge is -2.38. The van der Waals surface area contributed by atoms with Gasteiger partial charge in [0.2, 0.25) is 5.91 Å². The summed E-state index contributed by atoms with van der Waals surface area (Å²) < 4.78 is 0. The molecule has 3 N–H and O–H groups in total. The van der Waals surface area contributed by atoms with Crippen LogP contribution in [0.25, 0.3) is 0 Å². The first kappa shape index (κ1) is 18.3. The van der Waals surface area contributed by atoms with Gasteiger partial charge >= 0.3 is 0 Å². The Labute approximate surface area is 145 Å². The highest BCUT2D eigenvalue weighted by molar-refractivity contribution is 5.85. The summed E-state index contributed by atoms with van der Waals surface area (Å²) in [5.41, 5.74) is 7.39. The van der Waals surface area contributed by atoms with E-state index < -0.39 is 0 Å². The second-order valence-corrected chi connectivity index (χ2v) is 7.37. The second kappa shape index (κ2) is 7.67. The van der Waals surface area contributed by atoms with Crippen molar-refractivity contribution in [3.63, 3.8) is 0 Å². The molecule has 4 heteroatoms. The van der Waals surface area contributed by atoms with Gasteiger partial charge < -0.3 is 11.1 Å². The van der Waals surface area contributed by atoms with Gasteiger partial charge in [0.25, 0.3) is 0 Å². The van der Waals surface area contributed by atoms with Crippen LogP contribution in [0, 0.1) is 5.92 Å². The van der Waals surface area contributed by atoms with Crippen LogP contribution in [0.3, 0.4) is 0 Å². The molecule has 2 aliphatic carbocycles. The summed E-state index contributed by atoms with van der Waals surface area (Å²) in [7, 11) is 0. The molecule has 0 heterocycles. The Morgan fingerprint density at radius 3 is 2.57 bits per heavy atom. The Morgan fingerprint density at radius 2 is 1.87 bits per heavy atom. The maximum Gasteiger partial charge on any atom is 0.225 e. The molecule has 0 aromatic heterocycles. The molecule has 1 aromatic carbocycles. The molecule has 23 heavy (non-hydrogen) atoms. The van der Waals surface area contributed by atoms with Crippen LogP contribution >= 0.6 is 12.4 Å². The number of hydrogen-bond acceptors (Lipinski definition) is 2. The zero-order valence-corrected chi connectivity index (χ0v) is 14.8. The monoisotopic (exact) mass is 336 g/mol. The molecule has 0 bridgehead atoms. The molecular formula is C19H29ClN2O. The third-order valence-corrected chi connectivity index (χ3v) is 5.64. The number of hydrogen-bond donors (Lipinski definition) is 2. The lowest BCUT2D eigenvalue weighted by molar-refractivity contribution is -0.128. The number of benzene rings is 1. The van der Waals surface area contributed by atoms with Gasteiger partial charge in [0, 0.05) is 17.5 Å². The van der Waals surface area contributed by atoms with E-state index in [1.54, 1.807) is 0 Å². The van der Waals surface area contributed by atoms with Crippen molar-refractivity contribution < 1.29 is 4.79 Å². The molecule has 4 unspecified atom stereocenters. The molecule has 1 amide bonds. The van der Waals surface area contributed by atoms with Crippen LogP contribution in [0.2, 0.25) is 0 Å². The van der Waals surface area contributed by atoms with Gasteiger partial charge in [-0.1, -0.05) is 49.6 Å². The number of carbonyl (C=O) groups is 1. The Morgan fingerprint density at radius 1 is 1.13 bits per heavy atom. The van der Waals surface area contributed by atoms with Crippen LogP contribution in [0.4, 0.5) is 0 Å². The van der Waals surface area contributed by atoms with Gasteiger partial charge in [-0.3, -0.25) is 4.79 Å². The van der Waals surface area contributed by atoms with E-state index in [4.69, 9.17) is 5.73 Å². The molecule has 1 aromatic rings. The molecular weight excluding hydrogens is 308 g/mol. The minimum atomic E-state index is -0.344. The maximum absolute atomic E-state index is 12.8. The SMILES string of the molecule is CC1(N)CCCCC1C(=O)NC1CCCC1c1ccccc1.Cl. The van der Waals surface area contributed by atoms with Gasteiger partial charge in [-0.25, -0.2) is 0 Å². The predicted octanol–water partition coefficient (Wildman–Crippen LogP) is 3.77. The predicted molar refractivity (Wildman–Crippen MR) is 96.8 cm³/mol. The van der Waals surface area contributed by atoms with E-state index in [1.807, 2.05) is 13.0 Å². The summed E-state index contributed by atoms with van der Waals surface area (Å²) in [6.07, 6.45) is 7.60. The molecule has 128 valence electrons. The van der Waals surface area contributed by atoms with Crippen LogP contribution in [-0.4, -0.2) is 17.5 Å². The number of nitrogens with one attached hydrogen (secondary N) is 1. The van der Waals surface area contributed by atoms with Crippen molar-refractivity contribution in [2.75, 3.05) is 0 Å². The average Bonchev–Trinajstić information content (AvgIpc) is 2.95. The summed E-state index contributed by atoms with van der Waals surface area (Å²) in [6.45, 7) is 2.04. The minimum Gasteiger partial charge on any atom is -0.352 e. The summed E-state index contributed by atoms with van der Waals surface area (Å²) in [4.78, 5) is 12.8. The van der Waals surface area contributed by atoms with Crippen molar-refractivity contribution in [2.45, 2.75) is 69.4 Å². The molecule has 3 rings (SSSR count). The number of carbonyl (C=O) groups excluding carboxylic acids is 1. The number of nitrogens with two attached hydrogens (primary N) is 1. The normalized spacial score (nSPS) is 33.7. The third kappa shape index (κ3) is 4.07. The van der Waals surface area contributed by atoms with E-state index in [0.717, 1.165) is 32.1 Å². The number of halogens is 1. The van der Waals surface area contributed by atoms with E-state index in [9.17, 15) is 4.79 Å². The van der Waals surface area contributed by atoms with Crippen molar-refractivity contribution in [3.05, 3.63) is 35.9 Å². The Hall–Kier alpha value is -1.06. The fraction of sp³-hybridized carbons (Fsp3) is 0.632. The first-order chi connectivity index (χ1) is 10.6. The Balaban J connectivity index is 0.00000192. The van der Waals surface area contributed by atoms with E-state index in [1.165, 1.54) is 18.4 Å². The van der Waals surface area contributed by atoms with E-state index in [-0.39, 0.29) is 35.8 Å². The topological polar surface area (TPSA) is 55.1 Å². The summed E-state index contributed by atoms with van der Waals surface area (Å²) in [5, 5.41) is 3.33. The first-order valence-corrected chi connectivity index (χ1v) is 8.72. The van der Waals surface area contributed by atoms with E-state index in [0.29, 0.717) is 5.92 Å². The van der Waals surface area contributed by atoms with Crippen LogP contribution in [0.15, 0.2) is 30.3 Å². The van der Waals surface area contributed by atoms with Crippen molar-refractivity contribution in [2.24, 2.45) is 11.7 Å². The van der Waals surface area contributed by atoms with Gasteiger partial charge in [0.1, 0.15) is 0 Å². The Kier molecular flexibility index (Phi) is 6.10. The van der Waals surface area contributed by atoms with Gasteiger partial charge in [0.05, 0.1) is 5.92 Å². The maximum atomic E-state index is 12.8. The highest BCUT2D eigenvalue weighted by Gasteiger charge is 2.39. The number of rotatable bonds is 3. The summed E-state index contributed by atoms with van der Waals surface area (Å²) in [6, 6.07) is 10.9. The largest absolute Gasteiger partial charge is 0.352 e. The van der Waals surface area contributed by atoms with Gasteiger partial charge in [0.15, 0.2) is 0 Å². The zero-order chi connectivity index (χ0) is 15.6. The van der Waals surface area contributed by atoms with Gasteiger partial charge in [-0.15, -0.1) is 12.4 Å². The standard InChI is InChI=1S/C19H28N2O.ClH/c1-19(20)13-6-5-11-16(19)18(22)21-17-12-7-10-15(17)14-8-3-2-4-9-14;/h2-4,8-9,15-17H,5-7,10-13,20H2,1H3,(H,21,22);1H. The van der Waals surface area contributed by atoms with Gasteiger partial charge in [-0.05, 0) is 38.2 Å². The molecule has 4 atom stereocenters. The molecule has 0 aliphatic heterocycles. The lowest BCUT2D eigenvalue weighted by atomic mass is 9.74. The van der Waals surface area contributed by atoms with Crippen molar-refractivity contribution in [1.82, 2.24) is 5.32 Å². The van der Waals surface area contributed by atoms with E-state index >= 15 is 0 Å². The molecule has 0 saturated heterocycles.